The number of benzene rings is 2. The van der Waals surface area contributed by atoms with Gasteiger partial charge in [-0.25, -0.2) is 23.4 Å². The summed E-state index contributed by atoms with van der Waals surface area (Å²) in [5.41, 5.74) is 2.14. The van der Waals surface area contributed by atoms with Crippen LogP contribution in [0, 0.1) is 0 Å². The minimum Gasteiger partial charge on any atom is -0.497 e. The van der Waals surface area contributed by atoms with Crippen molar-refractivity contribution in [3.05, 3.63) is 66.5 Å². The van der Waals surface area contributed by atoms with E-state index in [2.05, 4.69) is 19.6 Å². The molecule has 1 heterocycles. The molecule has 1 N–H and O–H groups in total. The molecule has 9 nitrogen and oxygen atoms in total. The first-order valence-corrected chi connectivity index (χ1v) is 9.50. The molecular formula is C19H18N4O5S. The Balaban J connectivity index is 1.79. The second-order valence-electron chi connectivity index (χ2n) is 5.83. The number of hydrogen-bond acceptors (Lipinski definition) is 8. The molecule has 1 amide bonds. The van der Waals surface area contributed by atoms with Crippen LogP contribution in [0.2, 0.25) is 0 Å². The van der Waals surface area contributed by atoms with Crippen molar-refractivity contribution in [1.29, 1.82) is 0 Å². The van der Waals surface area contributed by atoms with Crippen LogP contribution in [0.25, 0.3) is 11.3 Å². The molecule has 0 aliphatic heterocycles. The third-order valence-electron chi connectivity index (χ3n) is 3.94. The Bertz CT molecular complexity index is 1100. The van der Waals surface area contributed by atoms with Crippen LogP contribution in [-0.2, 0) is 15.3 Å². The first kappa shape index (κ1) is 20.2. The molecule has 0 aliphatic rings. The van der Waals surface area contributed by atoms with Crippen LogP contribution < -0.4 is 15.1 Å². The smallest absolute Gasteiger partial charge is 0.277 e. The fraction of sp³-hybridized carbons (Fsp3) is 0.105. The fourth-order valence-electron chi connectivity index (χ4n) is 2.54. The maximum absolute atomic E-state index is 12.6. The van der Waals surface area contributed by atoms with Gasteiger partial charge in [-0.3, -0.25) is 4.79 Å². The van der Waals surface area contributed by atoms with Gasteiger partial charge in [0.15, 0.2) is 0 Å². The zero-order valence-electron chi connectivity index (χ0n) is 15.6. The number of ether oxygens (including phenoxy) is 1. The Kier molecular flexibility index (Phi) is 6.37. The number of aromatic nitrogens is 2. The van der Waals surface area contributed by atoms with Crippen LogP contribution in [0.1, 0.15) is 10.4 Å². The predicted octanol–water partition coefficient (Wildman–Crippen LogP) is 2.30. The molecular weight excluding hydrogens is 396 g/mol. The molecule has 0 radical (unpaired) electrons. The molecule has 0 spiro atoms. The van der Waals surface area contributed by atoms with E-state index >= 15 is 0 Å². The maximum atomic E-state index is 12.6. The fourth-order valence-corrected chi connectivity index (χ4v) is 2.84. The highest BCUT2D eigenvalue weighted by Crippen LogP contribution is 2.23. The molecule has 1 aromatic heterocycles. The number of thiol groups is 1. The number of hydroxylamine groups is 1. The van der Waals surface area contributed by atoms with Crippen LogP contribution >= 0.6 is 0 Å². The van der Waals surface area contributed by atoms with E-state index in [1.54, 1.807) is 31.4 Å². The van der Waals surface area contributed by atoms with Gasteiger partial charge in [-0.1, -0.05) is 18.2 Å². The van der Waals surface area contributed by atoms with Gasteiger partial charge in [0.2, 0.25) is 0 Å². The number of rotatable bonds is 7. The molecule has 0 saturated carbocycles. The molecule has 0 saturated heterocycles. The van der Waals surface area contributed by atoms with E-state index < -0.39 is 16.9 Å². The summed E-state index contributed by atoms with van der Waals surface area (Å²) < 4.78 is 31.2. The highest BCUT2D eigenvalue weighted by atomic mass is 32.2. The van der Waals surface area contributed by atoms with E-state index in [4.69, 9.17) is 4.74 Å². The van der Waals surface area contributed by atoms with Crippen LogP contribution in [0.15, 0.2) is 60.9 Å². The van der Waals surface area contributed by atoms with Crippen LogP contribution in [0.5, 0.6) is 5.75 Å². The number of methoxy groups -OCH3 is 1. The van der Waals surface area contributed by atoms with Crippen LogP contribution in [0.4, 0.5) is 11.5 Å². The molecule has 29 heavy (non-hydrogen) atoms. The van der Waals surface area contributed by atoms with Crippen molar-refractivity contribution in [3.63, 3.8) is 0 Å². The molecule has 3 rings (SSSR count). The number of nitrogens with zero attached hydrogens (tertiary/aromatic N) is 3. The number of anilines is 2. The monoisotopic (exact) mass is 414 g/mol. The Morgan fingerprint density at radius 2 is 1.86 bits per heavy atom. The van der Waals surface area contributed by atoms with Gasteiger partial charge in [0.25, 0.3) is 16.9 Å². The van der Waals surface area contributed by atoms with E-state index in [0.29, 0.717) is 28.5 Å². The average molecular weight is 414 g/mol. The highest BCUT2D eigenvalue weighted by molar-refractivity contribution is 7.67. The summed E-state index contributed by atoms with van der Waals surface area (Å²) in [5.74, 6) is 0.595. The molecule has 3 aromatic rings. The Morgan fingerprint density at radius 1 is 1.07 bits per heavy atom. The van der Waals surface area contributed by atoms with Crippen molar-refractivity contribution >= 4 is 28.4 Å². The lowest BCUT2D eigenvalue weighted by molar-refractivity contribution is 0.102. The zero-order chi connectivity index (χ0) is 20.8. The van der Waals surface area contributed by atoms with Gasteiger partial charge in [-0.05, 0) is 30.3 Å². The third-order valence-corrected chi connectivity index (χ3v) is 4.31. The van der Waals surface area contributed by atoms with Crippen molar-refractivity contribution in [1.82, 2.24) is 9.97 Å². The second kappa shape index (κ2) is 9.13. The highest BCUT2D eigenvalue weighted by Gasteiger charge is 2.11. The van der Waals surface area contributed by atoms with Crippen molar-refractivity contribution in [2.75, 3.05) is 24.5 Å². The lowest BCUT2D eigenvalue weighted by Gasteiger charge is -2.15. The summed E-state index contributed by atoms with van der Waals surface area (Å²) in [6, 6.07) is 15.3. The minimum atomic E-state index is -3.06. The largest absolute Gasteiger partial charge is 0.497 e. The minimum absolute atomic E-state index is 0.306. The van der Waals surface area contributed by atoms with Crippen LogP contribution in [0.3, 0.4) is 0 Å². The quantitative estimate of drug-likeness (QED) is 0.448. The number of carbonyl (C=O) groups is 1. The molecule has 0 fully saturated rings. The zero-order valence-corrected chi connectivity index (χ0v) is 16.5. The first-order chi connectivity index (χ1) is 14.0. The van der Waals surface area contributed by atoms with Crippen molar-refractivity contribution in [3.8, 4) is 17.0 Å². The van der Waals surface area contributed by atoms with Gasteiger partial charge >= 0.3 is 0 Å². The first-order valence-electron chi connectivity index (χ1n) is 8.40. The molecule has 0 unspecified atom stereocenters. The molecule has 2 aromatic carbocycles. The van der Waals surface area contributed by atoms with Crippen molar-refractivity contribution in [2.45, 2.75) is 0 Å². The molecule has 0 aliphatic carbocycles. The number of carbonyl (C=O) groups excluding carboxylic acids is 1. The van der Waals surface area contributed by atoms with Gasteiger partial charge < -0.3 is 10.1 Å². The summed E-state index contributed by atoms with van der Waals surface area (Å²) >= 11 is 0. The summed E-state index contributed by atoms with van der Waals surface area (Å²) in [6.07, 6.45) is 1.35. The van der Waals surface area contributed by atoms with E-state index in [9.17, 15) is 13.2 Å². The number of amides is 1. The van der Waals surface area contributed by atoms with Gasteiger partial charge in [0.05, 0.1) is 18.5 Å². The number of hydrogen-bond donors (Lipinski definition) is 2. The molecule has 0 bridgehead atoms. The van der Waals surface area contributed by atoms with Gasteiger partial charge in [-0.2, -0.15) is 4.28 Å². The normalized spacial score (nSPS) is 10.6. The lowest BCUT2D eigenvalue weighted by atomic mass is 10.1. The maximum Gasteiger partial charge on any atom is 0.277 e. The predicted molar refractivity (Wildman–Crippen MR) is 108 cm³/mol. The Morgan fingerprint density at radius 3 is 2.62 bits per heavy atom. The van der Waals surface area contributed by atoms with Gasteiger partial charge in [0, 0.05) is 24.2 Å². The Hall–Kier alpha value is -3.50. The molecule has 10 heteroatoms. The molecule has 0 atom stereocenters. The van der Waals surface area contributed by atoms with Gasteiger partial charge in [0.1, 0.15) is 17.9 Å². The molecule has 150 valence electrons. The summed E-state index contributed by atoms with van der Waals surface area (Å²) in [4.78, 5) is 20.9. The summed E-state index contributed by atoms with van der Waals surface area (Å²) in [7, 11) is -0.0548. The topological polar surface area (TPSA) is 111 Å². The van der Waals surface area contributed by atoms with E-state index in [1.165, 1.54) is 19.4 Å². The summed E-state index contributed by atoms with van der Waals surface area (Å²) in [5, 5.41) is 3.75. The van der Waals surface area contributed by atoms with E-state index in [0.717, 1.165) is 10.6 Å². The van der Waals surface area contributed by atoms with E-state index in [-0.39, 0.29) is 0 Å². The third kappa shape index (κ3) is 5.27. The van der Waals surface area contributed by atoms with Crippen molar-refractivity contribution in [2.24, 2.45) is 0 Å². The second-order valence-corrected chi connectivity index (χ2v) is 6.44. The Labute approximate surface area is 169 Å². The standard InChI is InChI=1S/C19H18N4O5S/c1-23(28-29(25)26)15-7-3-6-14(9-15)19(24)22-18-11-17(20-12-21-18)13-5-4-8-16(10-13)27-2/h3-12,29H,1-2H3,(H,20,21,22,24). The van der Waals surface area contributed by atoms with Crippen LogP contribution in [-0.4, -0.2) is 38.5 Å². The summed E-state index contributed by atoms with van der Waals surface area (Å²) in [6.45, 7) is 0. The van der Waals surface area contributed by atoms with Crippen molar-refractivity contribution < 1.29 is 22.2 Å². The van der Waals surface area contributed by atoms with E-state index in [1.807, 2.05) is 24.3 Å². The average Bonchev–Trinajstić information content (AvgIpc) is 2.73. The number of nitrogens with one attached hydrogen (secondary N) is 1. The van der Waals surface area contributed by atoms with Gasteiger partial charge in [-0.15, -0.1) is 0 Å². The lowest BCUT2D eigenvalue weighted by Crippen LogP contribution is -2.18. The SMILES string of the molecule is COc1cccc(-c2cc(NC(=O)c3cccc(N(C)O[SH](=O)=O)c3)ncn2)c1.